The summed E-state index contributed by atoms with van der Waals surface area (Å²) in [5.74, 6) is 0.835. The minimum absolute atomic E-state index is 0.338. The fraction of sp³-hybridized carbons (Fsp3) is 0.400. The summed E-state index contributed by atoms with van der Waals surface area (Å²) in [7, 11) is 0. The molecule has 2 rings (SSSR count). The molecule has 2 nitrogen and oxygen atoms in total. The van der Waals surface area contributed by atoms with Crippen molar-refractivity contribution < 1.29 is 0 Å². The van der Waals surface area contributed by atoms with Crippen molar-refractivity contribution in [3.8, 4) is 11.3 Å². The smallest absolute Gasteiger partial charge is 0.0976 e. The quantitative estimate of drug-likeness (QED) is 0.902. The van der Waals surface area contributed by atoms with Gasteiger partial charge >= 0.3 is 0 Å². The lowest BCUT2D eigenvalue weighted by Crippen LogP contribution is -2.08. The zero-order chi connectivity index (χ0) is 13.1. The summed E-state index contributed by atoms with van der Waals surface area (Å²) in [6.45, 7) is 7.23. The predicted octanol–water partition coefficient (Wildman–Crippen LogP) is 4.00. The largest absolute Gasteiger partial charge is 0.330 e. The van der Waals surface area contributed by atoms with Gasteiger partial charge < -0.3 is 5.73 Å². The number of hydrogen-bond acceptors (Lipinski definition) is 3. The first-order valence-electron chi connectivity index (χ1n) is 6.39. The molecule has 1 heterocycles. The highest BCUT2D eigenvalue weighted by atomic mass is 32.1. The summed E-state index contributed by atoms with van der Waals surface area (Å²) in [6.07, 6.45) is 0. The Labute approximate surface area is 113 Å². The number of aromatic nitrogens is 1. The first-order valence-corrected chi connectivity index (χ1v) is 7.21. The van der Waals surface area contributed by atoms with Gasteiger partial charge in [-0.1, -0.05) is 51.1 Å². The third-order valence-electron chi connectivity index (χ3n) is 3.02. The second-order valence-corrected chi connectivity index (χ2v) is 5.98. The van der Waals surface area contributed by atoms with E-state index in [2.05, 4.69) is 45.0 Å². The molecule has 1 atom stereocenters. The molecule has 96 valence electrons. The van der Waals surface area contributed by atoms with Crippen molar-refractivity contribution in [3.05, 3.63) is 40.2 Å². The maximum absolute atomic E-state index is 5.74. The van der Waals surface area contributed by atoms with Crippen LogP contribution in [0.4, 0.5) is 0 Å². The van der Waals surface area contributed by atoms with Gasteiger partial charge in [0.15, 0.2) is 0 Å². The fourth-order valence-electron chi connectivity index (χ4n) is 1.85. The second-order valence-electron chi connectivity index (χ2n) is 4.92. The molecule has 0 aliphatic carbocycles. The van der Waals surface area contributed by atoms with Gasteiger partial charge in [0.2, 0.25) is 0 Å². The Morgan fingerprint density at radius 3 is 2.39 bits per heavy atom. The molecule has 18 heavy (non-hydrogen) atoms. The molecule has 1 unspecified atom stereocenters. The summed E-state index contributed by atoms with van der Waals surface area (Å²) in [4.78, 5) is 6.17. The van der Waals surface area contributed by atoms with E-state index in [0.29, 0.717) is 18.4 Å². The SMILES string of the molecule is CC(C)c1sc(C(C)CN)nc1-c1ccccc1. The molecule has 2 N–H and O–H groups in total. The zero-order valence-electron chi connectivity index (χ0n) is 11.2. The highest BCUT2D eigenvalue weighted by Crippen LogP contribution is 2.36. The summed E-state index contributed by atoms with van der Waals surface area (Å²) < 4.78 is 0. The second kappa shape index (κ2) is 5.63. The van der Waals surface area contributed by atoms with Gasteiger partial charge in [-0.05, 0) is 5.92 Å². The van der Waals surface area contributed by atoms with Crippen LogP contribution >= 0.6 is 11.3 Å². The molecule has 2 aromatic rings. The highest BCUT2D eigenvalue weighted by Gasteiger charge is 2.18. The van der Waals surface area contributed by atoms with Crippen molar-refractivity contribution in [2.24, 2.45) is 5.73 Å². The van der Waals surface area contributed by atoms with E-state index >= 15 is 0 Å². The van der Waals surface area contributed by atoms with Crippen molar-refractivity contribution >= 4 is 11.3 Å². The molecule has 3 heteroatoms. The molecule has 0 radical (unpaired) electrons. The maximum atomic E-state index is 5.74. The normalized spacial score (nSPS) is 12.9. The van der Waals surface area contributed by atoms with E-state index in [4.69, 9.17) is 10.7 Å². The Hall–Kier alpha value is -1.19. The van der Waals surface area contributed by atoms with E-state index in [1.165, 1.54) is 10.4 Å². The number of nitrogens with two attached hydrogens (primary N) is 1. The van der Waals surface area contributed by atoms with E-state index in [-0.39, 0.29) is 0 Å². The molecule has 0 saturated heterocycles. The van der Waals surface area contributed by atoms with E-state index in [1.54, 1.807) is 11.3 Å². The van der Waals surface area contributed by atoms with Crippen LogP contribution in [-0.2, 0) is 0 Å². The number of nitrogens with zero attached hydrogens (tertiary/aromatic N) is 1. The molecule has 0 amide bonds. The highest BCUT2D eigenvalue weighted by molar-refractivity contribution is 7.12. The van der Waals surface area contributed by atoms with Gasteiger partial charge in [-0.15, -0.1) is 11.3 Å². The van der Waals surface area contributed by atoms with Crippen LogP contribution < -0.4 is 5.73 Å². The van der Waals surface area contributed by atoms with Crippen molar-refractivity contribution in [1.29, 1.82) is 0 Å². The van der Waals surface area contributed by atoms with E-state index in [9.17, 15) is 0 Å². The van der Waals surface area contributed by atoms with Crippen molar-refractivity contribution in [1.82, 2.24) is 4.98 Å². The molecule has 0 spiro atoms. The molecule has 0 bridgehead atoms. The van der Waals surface area contributed by atoms with Crippen LogP contribution in [0.2, 0.25) is 0 Å². The molecular formula is C15H20N2S. The Morgan fingerprint density at radius 2 is 1.83 bits per heavy atom. The predicted molar refractivity (Wildman–Crippen MR) is 79.1 cm³/mol. The lowest BCUT2D eigenvalue weighted by Gasteiger charge is -2.04. The van der Waals surface area contributed by atoms with Crippen LogP contribution in [0.1, 0.15) is 42.5 Å². The molecule has 0 aliphatic heterocycles. The van der Waals surface area contributed by atoms with Crippen LogP contribution in [0.15, 0.2) is 30.3 Å². The fourth-order valence-corrected chi connectivity index (χ4v) is 3.01. The van der Waals surface area contributed by atoms with Crippen molar-refractivity contribution in [2.45, 2.75) is 32.6 Å². The van der Waals surface area contributed by atoms with Gasteiger partial charge in [0.25, 0.3) is 0 Å². The van der Waals surface area contributed by atoms with Gasteiger partial charge in [0.1, 0.15) is 0 Å². The number of rotatable bonds is 4. The lowest BCUT2D eigenvalue weighted by molar-refractivity contribution is 0.766. The van der Waals surface area contributed by atoms with Crippen LogP contribution in [0, 0.1) is 0 Å². The molecule has 0 saturated carbocycles. The third-order valence-corrected chi connectivity index (χ3v) is 4.60. The summed E-state index contributed by atoms with van der Waals surface area (Å²) in [5.41, 5.74) is 8.08. The maximum Gasteiger partial charge on any atom is 0.0976 e. The first-order chi connectivity index (χ1) is 8.63. The Bertz CT molecular complexity index is 502. The van der Waals surface area contributed by atoms with Gasteiger partial charge in [-0.2, -0.15) is 0 Å². The Kier molecular flexibility index (Phi) is 4.15. The van der Waals surface area contributed by atoms with Crippen LogP contribution in [-0.4, -0.2) is 11.5 Å². The minimum atomic E-state index is 0.338. The van der Waals surface area contributed by atoms with Crippen LogP contribution in [0.25, 0.3) is 11.3 Å². The van der Waals surface area contributed by atoms with Crippen LogP contribution in [0.5, 0.6) is 0 Å². The third kappa shape index (κ3) is 2.62. The average molecular weight is 260 g/mol. The zero-order valence-corrected chi connectivity index (χ0v) is 12.0. The Balaban J connectivity index is 2.49. The van der Waals surface area contributed by atoms with Gasteiger partial charge in [0, 0.05) is 22.9 Å². The standard InChI is InChI=1S/C15H20N2S/c1-10(2)14-13(12-7-5-4-6-8-12)17-15(18-14)11(3)9-16/h4-8,10-11H,9,16H2,1-3H3. The van der Waals surface area contributed by atoms with Gasteiger partial charge in [-0.3, -0.25) is 0 Å². The van der Waals surface area contributed by atoms with Crippen molar-refractivity contribution in [2.75, 3.05) is 6.54 Å². The summed E-state index contributed by atoms with van der Waals surface area (Å²) in [6, 6.07) is 10.4. The van der Waals surface area contributed by atoms with Gasteiger partial charge in [0.05, 0.1) is 10.7 Å². The van der Waals surface area contributed by atoms with Crippen molar-refractivity contribution in [3.63, 3.8) is 0 Å². The Morgan fingerprint density at radius 1 is 1.17 bits per heavy atom. The number of benzene rings is 1. The van der Waals surface area contributed by atoms with E-state index in [1.807, 2.05) is 6.07 Å². The first kappa shape index (κ1) is 13.2. The minimum Gasteiger partial charge on any atom is -0.330 e. The van der Waals surface area contributed by atoms with E-state index < -0.39 is 0 Å². The number of hydrogen-bond donors (Lipinski definition) is 1. The molecular weight excluding hydrogens is 240 g/mol. The average Bonchev–Trinajstić information content (AvgIpc) is 2.84. The lowest BCUT2D eigenvalue weighted by atomic mass is 10.1. The summed E-state index contributed by atoms with van der Waals surface area (Å²) in [5, 5.41) is 1.15. The van der Waals surface area contributed by atoms with Crippen LogP contribution in [0.3, 0.4) is 0 Å². The summed E-state index contributed by atoms with van der Waals surface area (Å²) >= 11 is 1.80. The monoisotopic (exact) mass is 260 g/mol. The molecule has 1 aromatic carbocycles. The van der Waals surface area contributed by atoms with E-state index in [0.717, 1.165) is 10.7 Å². The molecule has 1 aromatic heterocycles. The molecule has 0 aliphatic rings. The topological polar surface area (TPSA) is 38.9 Å². The number of thiazole rings is 1. The van der Waals surface area contributed by atoms with Gasteiger partial charge in [-0.25, -0.2) is 4.98 Å². The molecule has 0 fully saturated rings.